The van der Waals surface area contributed by atoms with Crippen LogP contribution in [0.1, 0.15) is 10.5 Å². The lowest BCUT2D eigenvalue weighted by atomic mass is 10.4. The van der Waals surface area contributed by atoms with Crippen LogP contribution < -0.4 is 5.73 Å². The Morgan fingerprint density at radius 1 is 1.42 bits per heavy atom. The summed E-state index contributed by atoms with van der Waals surface area (Å²) < 4.78 is 4.07. The van der Waals surface area contributed by atoms with Crippen molar-refractivity contribution in [1.29, 1.82) is 0 Å². The molecule has 0 saturated carbocycles. The number of carbonyl (C=O) groups excluding carboxylic acids is 2. The van der Waals surface area contributed by atoms with Crippen molar-refractivity contribution in [2.45, 2.75) is 0 Å². The van der Waals surface area contributed by atoms with Crippen molar-refractivity contribution in [3.8, 4) is 0 Å². The van der Waals surface area contributed by atoms with Gasteiger partial charge in [-0.2, -0.15) is 0 Å². The lowest BCUT2D eigenvalue weighted by Crippen LogP contribution is -2.19. The summed E-state index contributed by atoms with van der Waals surface area (Å²) in [4.78, 5) is 24.7. The number of hydrogen-bond acceptors (Lipinski definition) is 4. The molecule has 0 atom stereocenters. The molecule has 5 nitrogen and oxygen atoms in total. The number of aromatic nitrogens is 1. The highest BCUT2D eigenvalue weighted by molar-refractivity contribution is 5.94. The first-order valence-corrected chi connectivity index (χ1v) is 3.13. The Labute approximate surface area is 68.2 Å². The SMILES string of the molecule is NC(=O)OC(=O)c1ccccn1. The molecule has 1 amide bonds. The van der Waals surface area contributed by atoms with Gasteiger partial charge in [0, 0.05) is 6.20 Å². The van der Waals surface area contributed by atoms with Gasteiger partial charge in [-0.05, 0) is 12.1 Å². The second-order valence-electron chi connectivity index (χ2n) is 1.92. The van der Waals surface area contributed by atoms with E-state index in [4.69, 9.17) is 0 Å². The minimum absolute atomic E-state index is 0.0521. The van der Waals surface area contributed by atoms with Crippen LogP contribution in [0.3, 0.4) is 0 Å². The molecule has 0 aliphatic rings. The number of esters is 1. The molecule has 0 fully saturated rings. The third-order valence-electron chi connectivity index (χ3n) is 1.07. The van der Waals surface area contributed by atoms with Crippen LogP contribution in [-0.4, -0.2) is 17.0 Å². The molecular weight excluding hydrogens is 160 g/mol. The van der Waals surface area contributed by atoms with Gasteiger partial charge in [0.15, 0.2) is 0 Å². The highest BCUT2D eigenvalue weighted by atomic mass is 16.6. The number of pyridine rings is 1. The van der Waals surface area contributed by atoms with E-state index in [0.717, 1.165) is 0 Å². The van der Waals surface area contributed by atoms with E-state index in [-0.39, 0.29) is 5.69 Å². The van der Waals surface area contributed by atoms with Crippen LogP contribution in [0.2, 0.25) is 0 Å². The maximum Gasteiger partial charge on any atom is 0.412 e. The van der Waals surface area contributed by atoms with E-state index in [1.165, 1.54) is 12.3 Å². The predicted octanol–water partition coefficient (Wildman–Crippen LogP) is 0.317. The minimum Gasteiger partial charge on any atom is -0.372 e. The third-order valence-corrected chi connectivity index (χ3v) is 1.07. The fourth-order valence-corrected chi connectivity index (χ4v) is 0.627. The summed E-state index contributed by atoms with van der Waals surface area (Å²) in [5.41, 5.74) is 4.67. The summed E-state index contributed by atoms with van der Waals surface area (Å²) in [6, 6.07) is 4.66. The predicted molar refractivity (Wildman–Crippen MR) is 39.2 cm³/mol. The molecule has 1 aromatic heterocycles. The van der Waals surface area contributed by atoms with Crippen molar-refractivity contribution in [2.24, 2.45) is 5.73 Å². The van der Waals surface area contributed by atoms with Gasteiger partial charge >= 0.3 is 12.1 Å². The Kier molecular flexibility index (Phi) is 2.37. The maximum atomic E-state index is 10.9. The summed E-state index contributed by atoms with van der Waals surface area (Å²) >= 11 is 0. The first-order chi connectivity index (χ1) is 5.70. The molecule has 0 bridgehead atoms. The van der Waals surface area contributed by atoms with Crippen LogP contribution in [-0.2, 0) is 4.74 Å². The fourth-order valence-electron chi connectivity index (χ4n) is 0.627. The Hall–Kier alpha value is -1.91. The molecule has 1 heterocycles. The van der Waals surface area contributed by atoms with E-state index < -0.39 is 12.1 Å². The number of nitrogens with zero attached hydrogens (tertiary/aromatic N) is 1. The molecule has 0 aliphatic heterocycles. The Balaban J connectivity index is 2.73. The monoisotopic (exact) mass is 166 g/mol. The molecule has 62 valence electrons. The second kappa shape index (κ2) is 3.47. The van der Waals surface area contributed by atoms with Crippen LogP contribution in [0.25, 0.3) is 0 Å². The van der Waals surface area contributed by atoms with Gasteiger partial charge in [0.1, 0.15) is 5.69 Å². The number of ether oxygens (including phenoxy) is 1. The highest BCUT2D eigenvalue weighted by Crippen LogP contribution is 1.95. The lowest BCUT2D eigenvalue weighted by molar-refractivity contribution is 0.0632. The zero-order valence-electron chi connectivity index (χ0n) is 6.06. The Bertz CT molecular complexity index is 297. The van der Waals surface area contributed by atoms with Crippen molar-refractivity contribution < 1.29 is 14.3 Å². The average molecular weight is 166 g/mol. The second-order valence-corrected chi connectivity index (χ2v) is 1.92. The number of amides is 1. The van der Waals surface area contributed by atoms with E-state index in [2.05, 4.69) is 15.5 Å². The summed E-state index contributed by atoms with van der Waals surface area (Å²) in [5.74, 6) is -0.844. The summed E-state index contributed by atoms with van der Waals surface area (Å²) in [6.07, 6.45) is 0.281. The van der Waals surface area contributed by atoms with Crippen molar-refractivity contribution >= 4 is 12.1 Å². The molecular formula is C7H6N2O3. The number of nitrogens with two attached hydrogens (primary N) is 1. The van der Waals surface area contributed by atoms with Gasteiger partial charge in [0.25, 0.3) is 0 Å². The van der Waals surface area contributed by atoms with Gasteiger partial charge in [-0.1, -0.05) is 6.07 Å². The normalized spacial score (nSPS) is 9.00. The molecule has 1 rings (SSSR count). The molecule has 1 aromatic rings. The number of carbonyl (C=O) groups is 2. The van der Waals surface area contributed by atoms with Crippen molar-refractivity contribution in [1.82, 2.24) is 4.98 Å². The summed E-state index contributed by atoms with van der Waals surface area (Å²) in [7, 11) is 0. The maximum absolute atomic E-state index is 10.9. The Morgan fingerprint density at radius 2 is 2.17 bits per heavy atom. The molecule has 0 aromatic carbocycles. The van der Waals surface area contributed by atoms with E-state index in [9.17, 15) is 9.59 Å². The molecule has 0 spiro atoms. The minimum atomic E-state index is -1.13. The lowest BCUT2D eigenvalue weighted by Gasteiger charge is -1.96. The van der Waals surface area contributed by atoms with E-state index in [1.807, 2.05) is 0 Å². The quantitative estimate of drug-likeness (QED) is 0.481. The average Bonchev–Trinajstić information content (AvgIpc) is 2.05. The molecule has 2 N–H and O–H groups in total. The van der Waals surface area contributed by atoms with Crippen LogP contribution >= 0.6 is 0 Å². The molecule has 0 aliphatic carbocycles. The van der Waals surface area contributed by atoms with Crippen LogP contribution in [0.15, 0.2) is 24.4 Å². The van der Waals surface area contributed by atoms with Gasteiger partial charge in [-0.15, -0.1) is 0 Å². The molecule has 0 radical (unpaired) electrons. The van der Waals surface area contributed by atoms with E-state index in [0.29, 0.717) is 0 Å². The summed E-state index contributed by atoms with van der Waals surface area (Å²) in [5, 5.41) is 0. The number of hydrogen-bond donors (Lipinski definition) is 1. The van der Waals surface area contributed by atoms with Crippen LogP contribution in [0.4, 0.5) is 4.79 Å². The van der Waals surface area contributed by atoms with Crippen LogP contribution in [0, 0.1) is 0 Å². The van der Waals surface area contributed by atoms with Crippen molar-refractivity contribution in [2.75, 3.05) is 0 Å². The Morgan fingerprint density at radius 3 is 2.67 bits per heavy atom. The van der Waals surface area contributed by atoms with E-state index >= 15 is 0 Å². The zero-order valence-corrected chi connectivity index (χ0v) is 6.06. The first-order valence-electron chi connectivity index (χ1n) is 3.13. The smallest absolute Gasteiger partial charge is 0.372 e. The number of primary amides is 1. The standard InChI is InChI=1S/C7H6N2O3/c8-7(11)12-6(10)5-3-1-2-4-9-5/h1-4H,(H2,8,11). The van der Waals surface area contributed by atoms with Gasteiger partial charge in [-0.25, -0.2) is 14.6 Å². The van der Waals surface area contributed by atoms with E-state index in [1.54, 1.807) is 12.1 Å². The first kappa shape index (κ1) is 8.19. The molecule has 12 heavy (non-hydrogen) atoms. The highest BCUT2D eigenvalue weighted by Gasteiger charge is 2.09. The third kappa shape index (κ3) is 2.05. The molecule has 0 unspecified atom stereocenters. The molecule has 5 heteroatoms. The van der Waals surface area contributed by atoms with Crippen molar-refractivity contribution in [3.05, 3.63) is 30.1 Å². The zero-order chi connectivity index (χ0) is 8.97. The fraction of sp³-hybridized carbons (Fsp3) is 0. The van der Waals surface area contributed by atoms with Gasteiger partial charge in [-0.3, -0.25) is 0 Å². The molecule has 0 saturated heterocycles. The van der Waals surface area contributed by atoms with Gasteiger partial charge in [0.2, 0.25) is 0 Å². The van der Waals surface area contributed by atoms with Crippen LogP contribution in [0.5, 0.6) is 0 Å². The topological polar surface area (TPSA) is 82.3 Å². The summed E-state index contributed by atoms with van der Waals surface area (Å²) in [6.45, 7) is 0. The van der Waals surface area contributed by atoms with Crippen molar-refractivity contribution in [3.63, 3.8) is 0 Å². The van der Waals surface area contributed by atoms with Gasteiger partial charge in [0.05, 0.1) is 0 Å². The van der Waals surface area contributed by atoms with Gasteiger partial charge < -0.3 is 10.5 Å². The largest absolute Gasteiger partial charge is 0.412 e. The number of rotatable bonds is 1.